The summed E-state index contributed by atoms with van der Waals surface area (Å²) in [7, 11) is 0. The van der Waals surface area contributed by atoms with Crippen molar-refractivity contribution < 1.29 is 9.90 Å². The number of aliphatic hydroxyl groups excluding tert-OH is 1. The number of aliphatic hydroxyl groups is 1. The maximum absolute atomic E-state index is 12.4. The Kier molecular flexibility index (Phi) is 7.96. The highest BCUT2D eigenvalue weighted by Crippen LogP contribution is 2.29. The molecule has 1 unspecified atom stereocenters. The molecule has 190 valence electrons. The molecule has 3 heterocycles. The summed E-state index contributed by atoms with van der Waals surface area (Å²) < 4.78 is 0. The topological polar surface area (TPSA) is 72.5 Å². The van der Waals surface area contributed by atoms with Crippen LogP contribution >= 0.6 is 23.2 Å². The Morgan fingerprint density at radius 1 is 1.06 bits per heavy atom. The molecular weight excluding hydrogens is 495 g/mol. The summed E-state index contributed by atoms with van der Waals surface area (Å²) in [6, 6.07) is 13.1. The molecule has 3 aromatic rings. The van der Waals surface area contributed by atoms with Crippen LogP contribution in [0.25, 0.3) is 11.0 Å². The molecule has 1 aromatic heterocycles. The van der Waals surface area contributed by atoms with Gasteiger partial charge in [0.2, 0.25) is 0 Å². The zero-order chi connectivity index (χ0) is 25.1. The van der Waals surface area contributed by atoms with Crippen molar-refractivity contribution in [2.45, 2.75) is 37.7 Å². The van der Waals surface area contributed by atoms with Gasteiger partial charge in [-0.1, -0.05) is 35.3 Å². The van der Waals surface area contributed by atoms with Gasteiger partial charge in [-0.05, 0) is 75.0 Å². The highest BCUT2D eigenvalue weighted by atomic mass is 35.5. The summed E-state index contributed by atoms with van der Waals surface area (Å²) in [5.41, 5.74) is 2.66. The van der Waals surface area contributed by atoms with Crippen LogP contribution < -0.4 is 0 Å². The number of aromatic nitrogens is 2. The number of aromatic amines is 1. The summed E-state index contributed by atoms with van der Waals surface area (Å²) in [5, 5.41) is 11.7. The molecule has 8 heteroatoms. The molecule has 5 rings (SSSR count). The molecule has 0 saturated carbocycles. The van der Waals surface area contributed by atoms with Gasteiger partial charge in [-0.3, -0.25) is 4.79 Å². The fourth-order valence-electron chi connectivity index (χ4n) is 5.34. The van der Waals surface area contributed by atoms with E-state index in [1.54, 1.807) is 24.3 Å². The van der Waals surface area contributed by atoms with Crippen LogP contribution in [0.5, 0.6) is 0 Å². The molecule has 0 radical (unpaired) electrons. The van der Waals surface area contributed by atoms with Crippen LogP contribution in [0, 0.1) is 5.92 Å². The highest BCUT2D eigenvalue weighted by molar-refractivity contribution is 6.42. The Morgan fingerprint density at radius 3 is 2.53 bits per heavy atom. The molecule has 0 spiro atoms. The van der Waals surface area contributed by atoms with Crippen molar-refractivity contribution in [3.8, 4) is 0 Å². The van der Waals surface area contributed by atoms with Gasteiger partial charge in [0.05, 0.1) is 27.2 Å². The number of para-hydroxylation sites is 2. The fraction of sp³-hybridized carbons (Fsp3) is 0.429. The normalized spacial score (nSPS) is 19.4. The van der Waals surface area contributed by atoms with Crippen molar-refractivity contribution in [2.75, 3.05) is 32.7 Å². The van der Waals surface area contributed by atoms with Crippen molar-refractivity contribution in [2.24, 2.45) is 5.92 Å². The molecule has 2 saturated heterocycles. The number of hydrogen-bond acceptors (Lipinski definition) is 5. The van der Waals surface area contributed by atoms with Gasteiger partial charge in [0.25, 0.3) is 0 Å². The van der Waals surface area contributed by atoms with Crippen molar-refractivity contribution in [3.63, 3.8) is 0 Å². The Morgan fingerprint density at radius 2 is 1.81 bits per heavy atom. The molecular formula is C28H32Cl2N4O2. The largest absolute Gasteiger partial charge is 0.392 e. The van der Waals surface area contributed by atoms with Crippen molar-refractivity contribution in [1.29, 1.82) is 0 Å². The summed E-state index contributed by atoms with van der Waals surface area (Å²) in [4.78, 5) is 25.3. The van der Waals surface area contributed by atoms with E-state index >= 15 is 0 Å². The first-order valence-corrected chi connectivity index (χ1v) is 13.5. The number of nitrogens with zero attached hydrogens (tertiary/aromatic N) is 3. The van der Waals surface area contributed by atoms with E-state index < -0.39 is 0 Å². The molecule has 2 N–H and O–H groups in total. The van der Waals surface area contributed by atoms with Crippen LogP contribution in [0.15, 0.2) is 54.7 Å². The number of allylic oxidation sites excluding steroid dienone is 1. The smallest absolute Gasteiger partial charge is 0.187 e. The molecule has 6 nitrogen and oxygen atoms in total. The Balaban J connectivity index is 1.05. The third-order valence-corrected chi connectivity index (χ3v) is 8.33. The minimum Gasteiger partial charge on any atom is -0.392 e. The first kappa shape index (κ1) is 25.3. The zero-order valence-electron chi connectivity index (χ0n) is 20.2. The van der Waals surface area contributed by atoms with Crippen LogP contribution in [-0.4, -0.2) is 69.5 Å². The maximum atomic E-state index is 12.4. The standard InChI is InChI=1S/C28H32Cl2N4O2/c29-22-6-5-21(17-23(22)30)26(35)11-16-33-12-7-19(8-13-33)27(36)18-34-14-9-20(10-15-34)28-31-24-3-1-2-4-25(24)32-28/h1-6,11,16-17,19-20,27,36H,7-10,12-15,18H2,(H,31,32). The number of carbonyl (C=O) groups excluding carboxylic acids is 1. The predicted octanol–water partition coefficient (Wildman–Crippen LogP) is 5.52. The summed E-state index contributed by atoms with van der Waals surface area (Å²) in [6.07, 6.45) is 7.07. The number of ketones is 1. The Labute approximate surface area is 221 Å². The van der Waals surface area contributed by atoms with Crippen LogP contribution in [-0.2, 0) is 0 Å². The lowest BCUT2D eigenvalue weighted by molar-refractivity contribution is 0.0317. The monoisotopic (exact) mass is 526 g/mol. The second-order valence-electron chi connectivity index (χ2n) is 9.96. The minimum absolute atomic E-state index is 0.0956. The number of fused-ring (bicyclic) bond motifs is 1. The van der Waals surface area contributed by atoms with Gasteiger partial charge in [-0.2, -0.15) is 0 Å². The van der Waals surface area contributed by atoms with Gasteiger partial charge in [0.1, 0.15) is 5.82 Å². The number of β-amino-alcohol motifs (C(OH)–C–C–N with tert-alkyl or cyclic N) is 1. The van der Waals surface area contributed by atoms with E-state index in [1.165, 1.54) is 0 Å². The lowest BCUT2D eigenvalue weighted by Crippen LogP contribution is -2.43. The SMILES string of the molecule is O=C(C=CN1CCC(C(O)CN2CCC(c3nc4ccccc4[nH]3)CC2)CC1)c1ccc(Cl)c(Cl)c1. The van der Waals surface area contributed by atoms with E-state index in [1.807, 2.05) is 18.3 Å². The molecule has 2 aliphatic rings. The average Bonchev–Trinajstić information content (AvgIpc) is 3.34. The second-order valence-corrected chi connectivity index (χ2v) is 10.8. The summed E-state index contributed by atoms with van der Waals surface area (Å²) in [5.74, 6) is 1.73. The molecule has 36 heavy (non-hydrogen) atoms. The predicted molar refractivity (Wildman–Crippen MR) is 145 cm³/mol. The van der Waals surface area contributed by atoms with Gasteiger partial charge >= 0.3 is 0 Å². The lowest BCUT2D eigenvalue weighted by atomic mass is 9.90. The maximum Gasteiger partial charge on any atom is 0.187 e. The fourth-order valence-corrected chi connectivity index (χ4v) is 5.64. The van der Waals surface area contributed by atoms with E-state index in [9.17, 15) is 9.90 Å². The van der Waals surface area contributed by atoms with Crippen molar-refractivity contribution in [1.82, 2.24) is 19.8 Å². The number of piperidine rings is 2. The van der Waals surface area contributed by atoms with E-state index in [0.717, 1.165) is 75.3 Å². The van der Waals surface area contributed by atoms with Gasteiger partial charge in [-0.25, -0.2) is 4.98 Å². The number of carbonyl (C=O) groups is 1. The van der Waals surface area contributed by atoms with E-state index in [0.29, 0.717) is 21.5 Å². The molecule has 2 aromatic carbocycles. The van der Waals surface area contributed by atoms with Crippen LogP contribution in [0.2, 0.25) is 10.0 Å². The van der Waals surface area contributed by atoms with Crippen molar-refractivity contribution >= 4 is 40.0 Å². The minimum atomic E-state index is -0.322. The number of rotatable bonds is 7. The van der Waals surface area contributed by atoms with Gasteiger partial charge in [0.15, 0.2) is 5.78 Å². The Hall–Kier alpha value is -2.38. The number of imidazole rings is 1. The summed E-state index contributed by atoms with van der Waals surface area (Å²) in [6.45, 7) is 4.36. The lowest BCUT2D eigenvalue weighted by Gasteiger charge is -2.37. The van der Waals surface area contributed by atoms with Gasteiger partial charge in [-0.15, -0.1) is 0 Å². The number of hydrogen-bond donors (Lipinski definition) is 2. The zero-order valence-corrected chi connectivity index (χ0v) is 21.8. The average molecular weight is 527 g/mol. The number of benzene rings is 2. The molecule has 2 aliphatic heterocycles. The van der Waals surface area contributed by atoms with Crippen LogP contribution in [0.1, 0.15) is 47.8 Å². The van der Waals surface area contributed by atoms with Crippen LogP contribution in [0.3, 0.4) is 0 Å². The molecule has 0 amide bonds. The molecule has 0 aliphatic carbocycles. The van der Waals surface area contributed by atoms with E-state index in [-0.39, 0.29) is 17.8 Å². The van der Waals surface area contributed by atoms with Gasteiger partial charge < -0.3 is 19.9 Å². The quantitative estimate of drug-likeness (QED) is 0.313. The molecule has 2 fully saturated rings. The first-order valence-electron chi connectivity index (χ1n) is 12.7. The van der Waals surface area contributed by atoms with Crippen LogP contribution in [0.4, 0.5) is 0 Å². The number of halogens is 2. The van der Waals surface area contributed by atoms with Gasteiger partial charge in [0, 0.05) is 43.4 Å². The third kappa shape index (κ3) is 5.94. The second kappa shape index (κ2) is 11.3. The highest BCUT2D eigenvalue weighted by Gasteiger charge is 2.29. The number of likely N-dealkylation sites (tertiary alicyclic amines) is 2. The third-order valence-electron chi connectivity index (χ3n) is 7.59. The Bertz CT molecular complexity index is 1190. The van der Waals surface area contributed by atoms with E-state index in [2.05, 4.69) is 26.9 Å². The molecule has 0 bridgehead atoms. The number of nitrogens with one attached hydrogen (secondary N) is 1. The van der Waals surface area contributed by atoms with E-state index in [4.69, 9.17) is 28.2 Å². The number of H-pyrrole nitrogens is 1. The summed E-state index contributed by atoms with van der Waals surface area (Å²) >= 11 is 12.0. The molecule has 1 atom stereocenters. The first-order chi connectivity index (χ1) is 17.5. The van der Waals surface area contributed by atoms with Crippen molar-refractivity contribution in [3.05, 3.63) is 76.2 Å².